The summed E-state index contributed by atoms with van der Waals surface area (Å²) in [5.74, 6) is 2.01. The lowest BCUT2D eigenvalue weighted by molar-refractivity contribution is 0.581. The first-order chi connectivity index (χ1) is 8.93. The Morgan fingerprint density at radius 3 is 2.67 bits per heavy atom. The molecular formula is C16H20N2. The number of aromatic nitrogens is 2. The molecule has 3 rings (SSSR count). The zero-order valence-electron chi connectivity index (χ0n) is 10.8. The summed E-state index contributed by atoms with van der Waals surface area (Å²) < 4.78 is 2.35. The molecule has 2 heteroatoms. The second-order valence-corrected chi connectivity index (χ2v) is 5.20. The SMILES string of the molecule is c1ccc(CCn2ccnc2C2CCCC2)cc1. The number of hydrogen-bond donors (Lipinski definition) is 0. The van der Waals surface area contributed by atoms with E-state index in [9.17, 15) is 0 Å². The van der Waals surface area contributed by atoms with Crippen molar-refractivity contribution in [2.45, 2.75) is 44.6 Å². The molecule has 2 aromatic rings. The fourth-order valence-electron chi connectivity index (χ4n) is 2.95. The monoisotopic (exact) mass is 240 g/mol. The van der Waals surface area contributed by atoms with Gasteiger partial charge in [-0.05, 0) is 24.8 Å². The van der Waals surface area contributed by atoms with Crippen LogP contribution < -0.4 is 0 Å². The van der Waals surface area contributed by atoms with Crippen molar-refractivity contribution in [3.8, 4) is 0 Å². The molecule has 0 aliphatic heterocycles. The van der Waals surface area contributed by atoms with Crippen molar-refractivity contribution in [1.82, 2.24) is 9.55 Å². The van der Waals surface area contributed by atoms with Crippen LogP contribution in [-0.4, -0.2) is 9.55 Å². The van der Waals surface area contributed by atoms with Crippen LogP contribution >= 0.6 is 0 Å². The average Bonchev–Trinajstić information content (AvgIpc) is 3.08. The molecule has 1 heterocycles. The third-order valence-electron chi connectivity index (χ3n) is 3.95. The van der Waals surface area contributed by atoms with E-state index in [2.05, 4.69) is 46.1 Å². The zero-order valence-corrected chi connectivity index (χ0v) is 10.8. The van der Waals surface area contributed by atoms with E-state index < -0.39 is 0 Å². The summed E-state index contributed by atoms with van der Waals surface area (Å²) in [5, 5.41) is 0. The minimum atomic E-state index is 0.704. The number of aryl methyl sites for hydroxylation is 2. The molecule has 0 amide bonds. The minimum Gasteiger partial charge on any atom is -0.334 e. The van der Waals surface area contributed by atoms with Crippen molar-refractivity contribution < 1.29 is 0 Å². The summed E-state index contributed by atoms with van der Waals surface area (Å²) in [7, 11) is 0. The maximum Gasteiger partial charge on any atom is 0.111 e. The molecule has 0 bridgehead atoms. The Balaban J connectivity index is 1.68. The van der Waals surface area contributed by atoms with E-state index in [0.717, 1.165) is 13.0 Å². The highest BCUT2D eigenvalue weighted by atomic mass is 15.1. The van der Waals surface area contributed by atoms with Gasteiger partial charge in [0.1, 0.15) is 5.82 Å². The van der Waals surface area contributed by atoms with Crippen LogP contribution in [0.15, 0.2) is 42.7 Å². The summed E-state index contributed by atoms with van der Waals surface area (Å²) in [6, 6.07) is 10.7. The highest BCUT2D eigenvalue weighted by Crippen LogP contribution is 2.33. The average molecular weight is 240 g/mol. The Hall–Kier alpha value is -1.57. The maximum atomic E-state index is 4.57. The highest BCUT2D eigenvalue weighted by Gasteiger charge is 2.20. The molecule has 1 aliphatic carbocycles. The Bertz CT molecular complexity index is 481. The van der Waals surface area contributed by atoms with Crippen LogP contribution in [-0.2, 0) is 13.0 Å². The Morgan fingerprint density at radius 2 is 1.89 bits per heavy atom. The van der Waals surface area contributed by atoms with Crippen molar-refractivity contribution in [2.24, 2.45) is 0 Å². The number of imidazole rings is 1. The first kappa shape index (κ1) is 11.5. The fourth-order valence-corrected chi connectivity index (χ4v) is 2.95. The molecule has 0 unspecified atom stereocenters. The molecule has 94 valence electrons. The van der Waals surface area contributed by atoms with Crippen molar-refractivity contribution in [3.63, 3.8) is 0 Å². The quantitative estimate of drug-likeness (QED) is 0.795. The second-order valence-electron chi connectivity index (χ2n) is 5.20. The molecule has 0 atom stereocenters. The molecule has 1 fully saturated rings. The van der Waals surface area contributed by atoms with Crippen molar-refractivity contribution in [3.05, 3.63) is 54.1 Å². The molecule has 1 aromatic heterocycles. The van der Waals surface area contributed by atoms with E-state index in [1.165, 1.54) is 37.1 Å². The van der Waals surface area contributed by atoms with Gasteiger partial charge >= 0.3 is 0 Å². The zero-order chi connectivity index (χ0) is 12.2. The summed E-state index contributed by atoms with van der Waals surface area (Å²) in [6.45, 7) is 1.05. The summed E-state index contributed by atoms with van der Waals surface area (Å²) in [6.07, 6.45) is 10.6. The first-order valence-corrected chi connectivity index (χ1v) is 6.98. The predicted octanol–water partition coefficient (Wildman–Crippen LogP) is 3.78. The van der Waals surface area contributed by atoms with Crippen molar-refractivity contribution in [1.29, 1.82) is 0 Å². The van der Waals surface area contributed by atoms with Gasteiger partial charge in [0.2, 0.25) is 0 Å². The van der Waals surface area contributed by atoms with E-state index in [0.29, 0.717) is 5.92 Å². The molecule has 0 radical (unpaired) electrons. The molecule has 2 nitrogen and oxygen atoms in total. The maximum absolute atomic E-state index is 4.57. The third kappa shape index (κ3) is 2.47. The van der Waals surface area contributed by atoms with Gasteiger partial charge in [0.15, 0.2) is 0 Å². The molecule has 1 aromatic carbocycles. The Morgan fingerprint density at radius 1 is 1.11 bits per heavy atom. The molecular weight excluding hydrogens is 220 g/mol. The van der Waals surface area contributed by atoms with Gasteiger partial charge in [-0.1, -0.05) is 43.2 Å². The van der Waals surface area contributed by atoms with Gasteiger partial charge in [0.25, 0.3) is 0 Å². The highest BCUT2D eigenvalue weighted by molar-refractivity contribution is 5.15. The third-order valence-corrected chi connectivity index (χ3v) is 3.95. The predicted molar refractivity (Wildman–Crippen MR) is 73.6 cm³/mol. The normalized spacial score (nSPS) is 16.2. The van der Waals surface area contributed by atoms with Gasteiger partial charge in [0, 0.05) is 24.9 Å². The number of hydrogen-bond acceptors (Lipinski definition) is 1. The van der Waals surface area contributed by atoms with Crippen LogP contribution in [0.2, 0.25) is 0 Å². The van der Waals surface area contributed by atoms with Gasteiger partial charge in [-0.3, -0.25) is 0 Å². The van der Waals surface area contributed by atoms with Gasteiger partial charge in [-0.15, -0.1) is 0 Å². The Labute approximate surface area is 109 Å². The Kier molecular flexibility index (Phi) is 3.44. The topological polar surface area (TPSA) is 17.8 Å². The smallest absolute Gasteiger partial charge is 0.111 e. The van der Waals surface area contributed by atoms with E-state index in [1.54, 1.807) is 0 Å². The summed E-state index contributed by atoms with van der Waals surface area (Å²) in [5.41, 5.74) is 1.41. The van der Waals surface area contributed by atoms with Gasteiger partial charge in [-0.2, -0.15) is 0 Å². The van der Waals surface area contributed by atoms with Crippen LogP contribution in [0.1, 0.15) is 43.0 Å². The van der Waals surface area contributed by atoms with E-state index in [1.807, 2.05) is 6.20 Å². The molecule has 0 spiro atoms. The molecule has 0 saturated heterocycles. The van der Waals surface area contributed by atoms with E-state index >= 15 is 0 Å². The van der Waals surface area contributed by atoms with Crippen LogP contribution in [0.3, 0.4) is 0 Å². The number of nitrogens with zero attached hydrogens (tertiary/aromatic N) is 2. The minimum absolute atomic E-state index is 0.704. The molecule has 1 saturated carbocycles. The number of benzene rings is 1. The summed E-state index contributed by atoms with van der Waals surface area (Å²) in [4.78, 5) is 4.57. The molecule has 1 aliphatic rings. The lowest BCUT2D eigenvalue weighted by Crippen LogP contribution is -2.08. The lowest BCUT2D eigenvalue weighted by Gasteiger charge is -2.12. The van der Waals surface area contributed by atoms with Crippen LogP contribution in [0.4, 0.5) is 0 Å². The van der Waals surface area contributed by atoms with E-state index in [4.69, 9.17) is 0 Å². The first-order valence-electron chi connectivity index (χ1n) is 6.98. The summed E-state index contributed by atoms with van der Waals surface area (Å²) >= 11 is 0. The number of rotatable bonds is 4. The van der Waals surface area contributed by atoms with E-state index in [-0.39, 0.29) is 0 Å². The largest absolute Gasteiger partial charge is 0.334 e. The standard InChI is InChI=1S/C16H20N2/c1-2-6-14(7-3-1)10-12-18-13-11-17-16(18)15-8-4-5-9-15/h1-3,6-7,11,13,15H,4-5,8-10,12H2. The molecule has 18 heavy (non-hydrogen) atoms. The van der Waals surface area contributed by atoms with Gasteiger partial charge < -0.3 is 4.57 Å². The van der Waals surface area contributed by atoms with Crippen LogP contribution in [0.25, 0.3) is 0 Å². The van der Waals surface area contributed by atoms with Crippen molar-refractivity contribution >= 4 is 0 Å². The second kappa shape index (κ2) is 5.38. The van der Waals surface area contributed by atoms with Crippen LogP contribution in [0.5, 0.6) is 0 Å². The van der Waals surface area contributed by atoms with Crippen molar-refractivity contribution in [2.75, 3.05) is 0 Å². The fraction of sp³-hybridized carbons (Fsp3) is 0.438. The lowest BCUT2D eigenvalue weighted by atomic mass is 10.1. The van der Waals surface area contributed by atoms with Gasteiger partial charge in [0.05, 0.1) is 0 Å². The van der Waals surface area contributed by atoms with Crippen LogP contribution in [0, 0.1) is 0 Å². The molecule has 0 N–H and O–H groups in total. The van der Waals surface area contributed by atoms with Gasteiger partial charge in [-0.25, -0.2) is 4.98 Å².